The van der Waals surface area contributed by atoms with Crippen molar-refractivity contribution in [3.05, 3.63) is 12.2 Å². The maximum Gasteiger partial charge on any atom is 0.249 e. The second-order valence-corrected chi connectivity index (χ2v) is 19.3. The highest BCUT2D eigenvalue weighted by Crippen LogP contribution is 2.23. The van der Waals surface area contributed by atoms with Gasteiger partial charge in [0.15, 0.2) is 6.29 Å². The molecule has 64 heavy (non-hydrogen) atoms. The average Bonchev–Trinajstić information content (AvgIpc) is 3.29. The van der Waals surface area contributed by atoms with Crippen molar-refractivity contribution in [1.29, 1.82) is 0 Å². The van der Waals surface area contributed by atoms with Crippen molar-refractivity contribution in [2.45, 2.75) is 306 Å². The van der Waals surface area contributed by atoms with Crippen LogP contribution in [0.25, 0.3) is 0 Å². The molecule has 1 rings (SSSR count). The Labute approximate surface area is 392 Å². The third-order valence-electron chi connectivity index (χ3n) is 13.3. The highest BCUT2D eigenvalue weighted by Gasteiger charge is 2.44. The molecule has 0 radical (unpaired) electrons. The van der Waals surface area contributed by atoms with Gasteiger partial charge in [0.2, 0.25) is 5.91 Å². The van der Waals surface area contributed by atoms with Crippen LogP contribution in [-0.2, 0) is 14.3 Å². The molecule has 0 bridgehead atoms. The van der Waals surface area contributed by atoms with Crippen LogP contribution in [0.2, 0.25) is 0 Å². The predicted molar refractivity (Wildman–Crippen MR) is 261 cm³/mol. The zero-order valence-electron chi connectivity index (χ0n) is 41.3. The Hall–Kier alpha value is -1.15. The van der Waals surface area contributed by atoms with Gasteiger partial charge in [0.05, 0.1) is 25.4 Å². The summed E-state index contributed by atoms with van der Waals surface area (Å²) in [5.41, 5.74) is 0. The number of rotatable bonds is 46. The van der Waals surface area contributed by atoms with E-state index in [1.165, 1.54) is 180 Å². The van der Waals surface area contributed by atoms with Crippen LogP contribution >= 0.6 is 0 Å². The van der Waals surface area contributed by atoms with Crippen LogP contribution in [0.15, 0.2) is 12.2 Å². The monoisotopic (exact) mass is 914 g/mol. The summed E-state index contributed by atoms with van der Waals surface area (Å²) in [6.07, 6.45) is 38.6. The summed E-state index contributed by atoms with van der Waals surface area (Å²) in [6.45, 7) is 3.26. The largest absolute Gasteiger partial charge is 0.394 e. The lowest BCUT2D eigenvalue weighted by molar-refractivity contribution is -0.303. The fourth-order valence-corrected chi connectivity index (χ4v) is 8.85. The van der Waals surface area contributed by atoms with Gasteiger partial charge in [-0.2, -0.15) is 0 Å². The number of nitrogens with one attached hydrogen (secondary N) is 1. The molecular formula is C53H103NO10. The highest BCUT2D eigenvalue weighted by molar-refractivity contribution is 5.80. The molecule has 0 aromatic heterocycles. The highest BCUT2D eigenvalue weighted by atomic mass is 16.7. The van der Waals surface area contributed by atoms with E-state index in [9.17, 15) is 40.5 Å². The van der Waals surface area contributed by atoms with Crippen molar-refractivity contribution in [2.24, 2.45) is 0 Å². The molecule has 1 heterocycles. The molecule has 8 N–H and O–H groups in total. The molecule has 0 spiro atoms. The van der Waals surface area contributed by atoms with Gasteiger partial charge in [0.1, 0.15) is 36.6 Å². The molecular weight excluding hydrogens is 811 g/mol. The van der Waals surface area contributed by atoms with Crippen LogP contribution in [0, 0.1) is 0 Å². The minimum atomic E-state index is -1.65. The molecule has 1 fully saturated rings. The molecule has 1 saturated heterocycles. The molecule has 0 saturated carbocycles. The van der Waals surface area contributed by atoms with Gasteiger partial charge in [-0.05, 0) is 38.5 Å². The smallest absolute Gasteiger partial charge is 0.249 e. The molecule has 1 amide bonds. The maximum absolute atomic E-state index is 13.0. The number of amides is 1. The van der Waals surface area contributed by atoms with E-state index >= 15 is 0 Å². The number of aliphatic hydroxyl groups excluding tert-OH is 7. The fourth-order valence-electron chi connectivity index (χ4n) is 8.85. The zero-order valence-corrected chi connectivity index (χ0v) is 41.3. The Morgan fingerprint density at radius 2 is 0.906 bits per heavy atom. The van der Waals surface area contributed by atoms with E-state index in [1.54, 1.807) is 0 Å². The lowest BCUT2D eigenvalue weighted by Gasteiger charge is -2.40. The van der Waals surface area contributed by atoms with Gasteiger partial charge in [0.25, 0.3) is 0 Å². The number of allylic oxidation sites excluding steroid dienone is 2. The minimum absolute atomic E-state index is 0.262. The molecule has 11 heteroatoms. The summed E-state index contributed by atoms with van der Waals surface area (Å²) in [7, 11) is 0. The van der Waals surface area contributed by atoms with Gasteiger partial charge in [-0.1, -0.05) is 225 Å². The summed E-state index contributed by atoms with van der Waals surface area (Å²) in [5.74, 6) is -0.703. The molecule has 0 aliphatic carbocycles. The molecule has 9 atom stereocenters. The second kappa shape index (κ2) is 43.2. The Kier molecular flexibility index (Phi) is 41.0. The van der Waals surface area contributed by atoms with E-state index in [-0.39, 0.29) is 6.42 Å². The number of hydrogen-bond acceptors (Lipinski definition) is 10. The van der Waals surface area contributed by atoms with E-state index in [0.29, 0.717) is 19.3 Å². The Morgan fingerprint density at radius 3 is 1.33 bits per heavy atom. The minimum Gasteiger partial charge on any atom is -0.394 e. The third-order valence-corrected chi connectivity index (χ3v) is 13.3. The number of carbonyl (C=O) groups excluding carboxylic acids is 1. The first-order valence-electron chi connectivity index (χ1n) is 27.1. The lowest BCUT2D eigenvalue weighted by atomic mass is 9.98. The third kappa shape index (κ3) is 31.8. The van der Waals surface area contributed by atoms with Crippen LogP contribution in [0.3, 0.4) is 0 Å². The maximum atomic E-state index is 13.0. The molecule has 11 nitrogen and oxygen atoms in total. The zero-order chi connectivity index (χ0) is 46.9. The SMILES string of the molecule is CCCCCCCCCCCCCCCC/C=C\CCCCCCCCCCCCCCCCCCC(O)C(=O)NC(COC1OC(CO)C(O)C(O)C1O)C(O)C(O)CCCCC. The van der Waals surface area contributed by atoms with Crippen molar-refractivity contribution in [1.82, 2.24) is 5.32 Å². The normalized spacial score (nSPS) is 21.0. The standard InChI is InChI=1S/C53H103NO10/c1-3-5-7-8-9-10-11-12-13-14-15-16-17-18-19-20-21-22-23-24-25-26-27-28-29-30-31-32-33-34-35-36-37-39-41-46(57)52(62)54-44(48(58)45(56)40-38-6-4-2)43-63-53-51(61)50(60)49(59)47(42-55)64-53/h20-21,44-51,53,55-61H,3-19,22-43H2,1-2H3,(H,54,62)/b21-20-. The topological polar surface area (TPSA) is 189 Å². The Bertz CT molecular complexity index is 1050. The van der Waals surface area contributed by atoms with Gasteiger partial charge in [0, 0.05) is 0 Å². The second-order valence-electron chi connectivity index (χ2n) is 19.3. The van der Waals surface area contributed by atoms with E-state index in [4.69, 9.17) is 9.47 Å². The fraction of sp³-hybridized carbons (Fsp3) is 0.943. The van der Waals surface area contributed by atoms with Crippen LogP contribution < -0.4 is 5.32 Å². The van der Waals surface area contributed by atoms with Crippen molar-refractivity contribution in [3.63, 3.8) is 0 Å². The van der Waals surface area contributed by atoms with E-state index in [1.807, 2.05) is 6.92 Å². The lowest BCUT2D eigenvalue weighted by Crippen LogP contribution is -2.60. The first-order valence-corrected chi connectivity index (χ1v) is 27.1. The number of aliphatic hydroxyl groups is 7. The van der Waals surface area contributed by atoms with Gasteiger partial charge >= 0.3 is 0 Å². The molecule has 1 aliphatic heterocycles. The Morgan fingerprint density at radius 1 is 0.531 bits per heavy atom. The van der Waals surface area contributed by atoms with Crippen LogP contribution in [-0.4, -0.2) is 110 Å². The van der Waals surface area contributed by atoms with E-state index < -0.39 is 74.2 Å². The summed E-state index contributed by atoms with van der Waals surface area (Å²) >= 11 is 0. The predicted octanol–water partition coefficient (Wildman–Crippen LogP) is 10.4. The number of unbranched alkanes of at least 4 members (excludes halogenated alkanes) is 32. The van der Waals surface area contributed by atoms with Crippen LogP contribution in [0.1, 0.15) is 251 Å². The van der Waals surface area contributed by atoms with Gasteiger partial charge < -0.3 is 50.5 Å². The van der Waals surface area contributed by atoms with Gasteiger partial charge in [-0.25, -0.2) is 0 Å². The number of ether oxygens (including phenoxy) is 2. The van der Waals surface area contributed by atoms with Crippen molar-refractivity contribution >= 4 is 5.91 Å². The Balaban J connectivity index is 2.02. The summed E-state index contributed by atoms with van der Waals surface area (Å²) in [4.78, 5) is 13.0. The van der Waals surface area contributed by atoms with Crippen LogP contribution in [0.5, 0.6) is 0 Å². The first kappa shape index (κ1) is 60.9. The molecule has 1 aliphatic rings. The van der Waals surface area contributed by atoms with Gasteiger partial charge in [-0.15, -0.1) is 0 Å². The molecule has 380 valence electrons. The first-order chi connectivity index (χ1) is 31.2. The van der Waals surface area contributed by atoms with Crippen LogP contribution in [0.4, 0.5) is 0 Å². The molecule has 0 aromatic rings. The van der Waals surface area contributed by atoms with Crippen molar-refractivity contribution < 1.29 is 50.0 Å². The number of hydrogen-bond donors (Lipinski definition) is 8. The summed E-state index contributed by atoms with van der Waals surface area (Å²) in [5, 5.41) is 74.8. The summed E-state index contributed by atoms with van der Waals surface area (Å²) in [6, 6.07) is -1.16. The van der Waals surface area contributed by atoms with Gasteiger partial charge in [-0.3, -0.25) is 4.79 Å². The quantitative estimate of drug-likeness (QED) is 0.0216. The van der Waals surface area contributed by atoms with E-state index in [0.717, 1.165) is 32.1 Å². The molecule has 9 unspecified atom stereocenters. The average molecular weight is 914 g/mol. The summed E-state index contributed by atoms with van der Waals surface area (Å²) < 4.78 is 11.0. The number of carbonyl (C=O) groups is 1. The van der Waals surface area contributed by atoms with Crippen molar-refractivity contribution in [2.75, 3.05) is 13.2 Å². The molecule has 0 aromatic carbocycles. The van der Waals surface area contributed by atoms with E-state index in [2.05, 4.69) is 24.4 Å². The van der Waals surface area contributed by atoms with Crippen molar-refractivity contribution in [3.8, 4) is 0 Å².